The van der Waals surface area contributed by atoms with Gasteiger partial charge in [0.05, 0.1) is 17.0 Å². The molecular weight excluding hydrogens is 370 g/mol. The Morgan fingerprint density at radius 1 is 1.29 bits per heavy atom. The number of primary amides is 1. The van der Waals surface area contributed by atoms with Crippen LogP contribution in [0.25, 0.3) is 11.3 Å². The first kappa shape index (κ1) is 19.2. The van der Waals surface area contributed by atoms with Gasteiger partial charge < -0.3 is 10.7 Å². The summed E-state index contributed by atoms with van der Waals surface area (Å²) in [6.45, 7) is 2.21. The number of hydrogen-bond acceptors (Lipinski definition) is 4. The standard InChI is InChI=1S/C22H27N3O2S/c1-2-22(15-9-4-3-5-10-15)12-14-8-6-7-11-16(14)19-18(22)20(27)25-21(24-19)28-13-17(23)26/h6-8,11,15H,2-5,9-10,12-13H2,1H3,(H2,23,26)(H,24,25,27)/t22-/m1/s1. The number of carbonyl (C=O) groups is 1. The van der Waals surface area contributed by atoms with Crippen molar-refractivity contribution in [2.75, 3.05) is 5.75 Å². The number of nitrogens with one attached hydrogen (secondary N) is 1. The van der Waals surface area contributed by atoms with Gasteiger partial charge >= 0.3 is 0 Å². The van der Waals surface area contributed by atoms with Crippen LogP contribution in [0.3, 0.4) is 0 Å². The van der Waals surface area contributed by atoms with Gasteiger partial charge in [0.1, 0.15) is 0 Å². The van der Waals surface area contributed by atoms with Gasteiger partial charge in [-0.05, 0) is 37.2 Å². The molecule has 2 aliphatic carbocycles. The molecule has 1 amide bonds. The Balaban J connectivity index is 1.90. The molecule has 2 aromatic rings. The number of hydrogen-bond donors (Lipinski definition) is 2. The molecule has 0 aliphatic heterocycles. The summed E-state index contributed by atoms with van der Waals surface area (Å²) in [6.07, 6.45) is 7.94. The van der Waals surface area contributed by atoms with Crippen molar-refractivity contribution in [1.82, 2.24) is 9.97 Å². The number of rotatable bonds is 5. The minimum Gasteiger partial charge on any atom is -0.369 e. The van der Waals surface area contributed by atoms with Crippen molar-refractivity contribution in [3.05, 3.63) is 45.7 Å². The fourth-order valence-corrected chi connectivity index (χ4v) is 5.84. The summed E-state index contributed by atoms with van der Waals surface area (Å²) in [4.78, 5) is 32.3. The van der Waals surface area contributed by atoms with E-state index in [-0.39, 0.29) is 16.7 Å². The molecule has 2 aliphatic rings. The first-order valence-electron chi connectivity index (χ1n) is 10.2. The quantitative estimate of drug-likeness (QED) is 0.593. The fraction of sp³-hybridized carbons (Fsp3) is 0.500. The van der Waals surface area contributed by atoms with Gasteiger partial charge in [-0.2, -0.15) is 0 Å². The zero-order valence-electron chi connectivity index (χ0n) is 16.3. The fourth-order valence-electron chi connectivity index (χ4n) is 5.25. The Hall–Kier alpha value is -2.08. The predicted octanol–water partition coefficient (Wildman–Crippen LogP) is 3.80. The van der Waals surface area contributed by atoms with E-state index in [0.717, 1.165) is 29.7 Å². The molecule has 0 bridgehead atoms. The molecule has 1 aromatic heterocycles. The molecule has 148 valence electrons. The molecule has 1 aromatic carbocycles. The molecule has 5 nitrogen and oxygen atoms in total. The summed E-state index contributed by atoms with van der Waals surface area (Å²) in [5.41, 5.74) is 9.01. The summed E-state index contributed by atoms with van der Waals surface area (Å²) in [7, 11) is 0. The van der Waals surface area contributed by atoms with Crippen LogP contribution in [0.1, 0.15) is 56.6 Å². The molecule has 1 atom stereocenters. The van der Waals surface area contributed by atoms with Gasteiger partial charge in [-0.15, -0.1) is 0 Å². The predicted molar refractivity (Wildman–Crippen MR) is 112 cm³/mol. The first-order valence-corrected chi connectivity index (χ1v) is 11.2. The van der Waals surface area contributed by atoms with Crippen LogP contribution >= 0.6 is 11.8 Å². The van der Waals surface area contributed by atoms with Crippen LogP contribution in [0, 0.1) is 5.92 Å². The molecule has 1 heterocycles. The number of benzene rings is 1. The van der Waals surface area contributed by atoms with E-state index in [1.165, 1.54) is 49.4 Å². The maximum absolute atomic E-state index is 13.3. The van der Waals surface area contributed by atoms with E-state index < -0.39 is 5.91 Å². The van der Waals surface area contributed by atoms with E-state index in [1.54, 1.807) is 0 Å². The molecule has 0 saturated heterocycles. The summed E-state index contributed by atoms with van der Waals surface area (Å²) in [6, 6.07) is 8.30. The normalized spacial score (nSPS) is 21.8. The van der Waals surface area contributed by atoms with Crippen LogP contribution in [0.5, 0.6) is 0 Å². The third-order valence-electron chi connectivity index (χ3n) is 6.54. The molecule has 0 unspecified atom stereocenters. The second kappa shape index (κ2) is 7.74. The third kappa shape index (κ3) is 3.28. The van der Waals surface area contributed by atoms with Crippen molar-refractivity contribution in [2.45, 2.75) is 62.4 Å². The van der Waals surface area contributed by atoms with Crippen molar-refractivity contribution < 1.29 is 4.79 Å². The number of nitrogens with two attached hydrogens (primary N) is 1. The largest absolute Gasteiger partial charge is 0.369 e. The summed E-state index contributed by atoms with van der Waals surface area (Å²) < 4.78 is 0. The van der Waals surface area contributed by atoms with Crippen molar-refractivity contribution in [3.63, 3.8) is 0 Å². The number of nitrogens with zero attached hydrogens (tertiary/aromatic N) is 1. The van der Waals surface area contributed by atoms with Gasteiger partial charge in [0, 0.05) is 11.0 Å². The topological polar surface area (TPSA) is 88.8 Å². The van der Waals surface area contributed by atoms with Gasteiger partial charge in [0.2, 0.25) is 5.91 Å². The second-order valence-corrected chi connectivity index (χ2v) is 8.99. The third-order valence-corrected chi connectivity index (χ3v) is 7.44. The number of thioether (sulfide) groups is 1. The minimum absolute atomic E-state index is 0.0566. The van der Waals surface area contributed by atoms with Crippen LogP contribution in [0.4, 0.5) is 0 Å². The lowest BCUT2D eigenvalue weighted by atomic mass is 9.58. The van der Waals surface area contributed by atoms with Crippen LogP contribution in [-0.2, 0) is 16.6 Å². The molecule has 3 N–H and O–H groups in total. The smallest absolute Gasteiger partial charge is 0.255 e. The molecular formula is C22H27N3O2S. The Kier molecular flexibility index (Phi) is 5.32. The van der Waals surface area contributed by atoms with Gasteiger partial charge in [0.15, 0.2) is 5.16 Å². The average molecular weight is 398 g/mol. The molecule has 4 rings (SSSR count). The van der Waals surface area contributed by atoms with Crippen LogP contribution in [-0.4, -0.2) is 21.6 Å². The first-order chi connectivity index (χ1) is 13.5. The van der Waals surface area contributed by atoms with Crippen LogP contribution in [0.2, 0.25) is 0 Å². The van der Waals surface area contributed by atoms with E-state index in [9.17, 15) is 9.59 Å². The van der Waals surface area contributed by atoms with E-state index in [0.29, 0.717) is 11.1 Å². The van der Waals surface area contributed by atoms with Gasteiger partial charge in [-0.3, -0.25) is 9.59 Å². The SMILES string of the molecule is CC[C@]1(C2CCCCC2)Cc2ccccc2-c2nc(SCC(N)=O)[nH]c(=O)c21. The number of aromatic nitrogens is 2. The highest BCUT2D eigenvalue weighted by atomic mass is 32.2. The van der Waals surface area contributed by atoms with Crippen molar-refractivity contribution in [1.29, 1.82) is 0 Å². The summed E-state index contributed by atoms with van der Waals surface area (Å²) >= 11 is 1.19. The lowest BCUT2D eigenvalue weighted by Crippen LogP contribution is -2.45. The summed E-state index contributed by atoms with van der Waals surface area (Å²) in [5.74, 6) is 0.187. The zero-order chi connectivity index (χ0) is 19.7. The number of amides is 1. The molecule has 1 fully saturated rings. The molecule has 1 saturated carbocycles. The monoisotopic (exact) mass is 397 g/mol. The van der Waals surface area contributed by atoms with E-state index in [4.69, 9.17) is 10.7 Å². The van der Waals surface area contributed by atoms with Crippen molar-refractivity contribution in [3.8, 4) is 11.3 Å². The van der Waals surface area contributed by atoms with Crippen LogP contribution in [0.15, 0.2) is 34.2 Å². The number of H-pyrrole nitrogens is 1. The Bertz CT molecular complexity index is 949. The van der Waals surface area contributed by atoms with Gasteiger partial charge in [-0.25, -0.2) is 4.98 Å². The number of fused-ring (bicyclic) bond motifs is 3. The van der Waals surface area contributed by atoms with Crippen LogP contribution < -0.4 is 11.3 Å². The maximum atomic E-state index is 13.3. The number of carbonyl (C=O) groups excluding carboxylic acids is 1. The van der Waals surface area contributed by atoms with Gasteiger partial charge in [0.25, 0.3) is 5.56 Å². The van der Waals surface area contributed by atoms with Crippen molar-refractivity contribution in [2.24, 2.45) is 11.7 Å². The highest BCUT2D eigenvalue weighted by Crippen LogP contribution is 2.50. The average Bonchev–Trinajstić information content (AvgIpc) is 2.72. The lowest BCUT2D eigenvalue weighted by Gasteiger charge is -2.45. The van der Waals surface area contributed by atoms with Crippen molar-refractivity contribution >= 4 is 17.7 Å². The lowest BCUT2D eigenvalue weighted by molar-refractivity contribution is -0.115. The Morgan fingerprint density at radius 2 is 2.04 bits per heavy atom. The highest BCUT2D eigenvalue weighted by Gasteiger charge is 2.46. The summed E-state index contributed by atoms with van der Waals surface area (Å²) in [5, 5.41) is 0.466. The maximum Gasteiger partial charge on any atom is 0.255 e. The number of aromatic amines is 1. The zero-order valence-corrected chi connectivity index (χ0v) is 17.1. The molecule has 28 heavy (non-hydrogen) atoms. The van der Waals surface area contributed by atoms with E-state index in [1.807, 2.05) is 6.07 Å². The Labute approximate surface area is 169 Å². The van der Waals surface area contributed by atoms with E-state index >= 15 is 0 Å². The minimum atomic E-state index is -0.420. The van der Waals surface area contributed by atoms with Gasteiger partial charge in [-0.1, -0.05) is 62.2 Å². The molecule has 0 spiro atoms. The Morgan fingerprint density at radius 3 is 2.75 bits per heavy atom. The van der Waals surface area contributed by atoms with E-state index in [2.05, 4.69) is 30.1 Å². The highest BCUT2D eigenvalue weighted by molar-refractivity contribution is 7.99. The molecule has 6 heteroatoms. The molecule has 0 radical (unpaired) electrons. The second-order valence-electron chi connectivity index (χ2n) is 8.03.